The average Bonchev–Trinajstić information content (AvgIpc) is 2.50. The lowest BCUT2D eigenvalue weighted by Gasteiger charge is -2.17. The van der Waals surface area contributed by atoms with Crippen molar-refractivity contribution in [2.45, 2.75) is 13.0 Å². The molecule has 0 aromatic heterocycles. The molecule has 2 aromatic rings. The van der Waals surface area contributed by atoms with Gasteiger partial charge in [-0.1, -0.05) is 35.9 Å². The van der Waals surface area contributed by atoms with Gasteiger partial charge in [0.05, 0.1) is 18.1 Å². The Morgan fingerprint density at radius 2 is 1.67 bits per heavy atom. The van der Waals surface area contributed by atoms with Crippen LogP contribution >= 0.6 is 11.6 Å². The van der Waals surface area contributed by atoms with Gasteiger partial charge in [-0.2, -0.15) is 5.26 Å². The van der Waals surface area contributed by atoms with Crippen molar-refractivity contribution in [1.82, 2.24) is 4.90 Å². The number of likely N-dealkylation sites (N-methyl/N-ethyl adjacent to an activating group) is 1. The molecule has 0 N–H and O–H groups in total. The zero-order valence-corrected chi connectivity index (χ0v) is 12.5. The van der Waals surface area contributed by atoms with Crippen LogP contribution in [0.4, 0.5) is 0 Å². The van der Waals surface area contributed by atoms with Crippen LogP contribution in [0.25, 0.3) is 0 Å². The minimum atomic E-state index is 0.0432. The molecule has 0 saturated carbocycles. The zero-order valence-electron chi connectivity index (χ0n) is 11.7. The van der Waals surface area contributed by atoms with Gasteiger partial charge in [-0.25, -0.2) is 0 Å². The van der Waals surface area contributed by atoms with Crippen molar-refractivity contribution in [2.75, 3.05) is 7.05 Å². The predicted molar refractivity (Wildman–Crippen MR) is 82.8 cm³/mol. The Bertz CT molecular complexity index is 657. The van der Waals surface area contributed by atoms with E-state index in [1.54, 1.807) is 36.2 Å². The van der Waals surface area contributed by atoms with Crippen LogP contribution in [0.2, 0.25) is 5.02 Å². The van der Waals surface area contributed by atoms with Crippen molar-refractivity contribution in [3.8, 4) is 6.07 Å². The van der Waals surface area contributed by atoms with E-state index in [2.05, 4.69) is 6.07 Å². The summed E-state index contributed by atoms with van der Waals surface area (Å²) >= 11 is 5.82. The number of hydrogen-bond donors (Lipinski definition) is 0. The number of carbonyl (C=O) groups is 1. The third-order valence-electron chi connectivity index (χ3n) is 3.20. The lowest BCUT2D eigenvalue weighted by Crippen LogP contribution is -2.27. The summed E-state index contributed by atoms with van der Waals surface area (Å²) in [4.78, 5) is 13.8. The van der Waals surface area contributed by atoms with Gasteiger partial charge >= 0.3 is 0 Å². The molecular weight excluding hydrogens is 284 g/mol. The van der Waals surface area contributed by atoms with Crippen molar-refractivity contribution in [1.29, 1.82) is 5.26 Å². The van der Waals surface area contributed by atoms with Gasteiger partial charge in [0.2, 0.25) is 5.91 Å². The van der Waals surface area contributed by atoms with Crippen LogP contribution in [0.3, 0.4) is 0 Å². The number of carbonyl (C=O) groups excluding carboxylic acids is 1. The number of amides is 1. The third kappa shape index (κ3) is 4.34. The monoisotopic (exact) mass is 298 g/mol. The first-order valence-corrected chi connectivity index (χ1v) is 6.94. The molecule has 4 heteroatoms. The summed E-state index contributed by atoms with van der Waals surface area (Å²) in [5.41, 5.74) is 2.56. The lowest BCUT2D eigenvalue weighted by atomic mass is 10.1. The molecule has 0 aliphatic carbocycles. The van der Waals surface area contributed by atoms with Crippen LogP contribution in [0.1, 0.15) is 16.7 Å². The fraction of sp³-hybridized carbons (Fsp3) is 0.176. The van der Waals surface area contributed by atoms with E-state index in [9.17, 15) is 4.79 Å². The SMILES string of the molecule is CN(Cc1ccc(C#N)cc1)C(=O)Cc1ccc(Cl)cc1. The van der Waals surface area contributed by atoms with Gasteiger partial charge in [-0.3, -0.25) is 4.79 Å². The molecule has 0 radical (unpaired) electrons. The van der Waals surface area contributed by atoms with Crippen molar-refractivity contribution < 1.29 is 4.79 Å². The molecule has 0 fully saturated rings. The van der Waals surface area contributed by atoms with E-state index < -0.39 is 0 Å². The summed E-state index contributed by atoms with van der Waals surface area (Å²) in [7, 11) is 1.77. The van der Waals surface area contributed by atoms with Crippen LogP contribution in [0.15, 0.2) is 48.5 Å². The first-order valence-electron chi connectivity index (χ1n) is 6.56. The first kappa shape index (κ1) is 15.1. The number of hydrogen-bond acceptors (Lipinski definition) is 2. The number of benzene rings is 2. The van der Waals surface area contributed by atoms with Crippen LogP contribution < -0.4 is 0 Å². The van der Waals surface area contributed by atoms with E-state index in [-0.39, 0.29) is 5.91 Å². The highest BCUT2D eigenvalue weighted by atomic mass is 35.5. The van der Waals surface area contributed by atoms with E-state index in [0.29, 0.717) is 23.6 Å². The van der Waals surface area contributed by atoms with Gasteiger partial charge in [0.25, 0.3) is 0 Å². The molecule has 1 amide bonds. The predicted octanol–water partition coefficient (Wildman–Crippen LogP) is 3.41. The largest absolute Gasteiger partial charge is 0.341 e. The molecule has 3 nitrogen and oxygen atoms in total. The Kier molecular flexibility index (Phi) is 4.97. The number of nitriles is 1. The second kappa shape index (κ2) is 6.92. The highest BCUT2D eigenvalue weighted by Crippen LogP contribution is 2.12. The molecule has 0 spiro atoms. The fourth-order valence-corrected chi connectivity index (χ4v) is 2.08. The topological polar surface area (TPSA) is 44.1 Å². The standard InChI is InChI=1S/C17H15ClN2O/c1-20(12-15-4-2-14(11-19)3-5-15)17(21)10-13-6-8-16(18)9-7-13/h2-9H,10,12H2,1H3. The van der Waals surface area contributed by atoms with Crippen molar-refractivity contribution >= 4 is 17.5 Å². The van der Waals surface area contributed by atoms with Crippen molar-refractivity contribution in [2.24, 2.45) is 0 Å². The highest BCUT2D eigenvalue weighted by molar-refractivity contribution is 6.30. The molecule has 0 heterocycles. The minimum Gasteiger partial charge on any atom is -0.341 e. The van der Waals surface area contributed by atoms with E-state index in [0.717, 1.165) is 11.1 Å². The molecule has 0 bridgehead atoms. The Labute approximate surface area is 129 Å². The maximum atomic E-state index is 12.2. The van der Waals surface area contributed by atoms with Gasteiger partial charge in [0.15, 0.2) is 0 Å². The smallest absolute Gasteiger partial charge is 0.227 e. The van der Waals surface area contributed by atoms with E-state index >= 15 is 0 Å². The second-order valence-corrected chi connectivity index (χ2v) is 5.30. The van der Waals surface area contributed by atoms with Gasteiger partial charge in [-0.15, -0.1) is 0 Å². The molecular formula is C17H15ClN2O. The Morgan fingerprint density at radius 3 is 2.24 bits per heavy atom. The van der Waals surface area contributed by atoms with Crippen LogP contribution in [-0.2, 0) is 17.8 Å². The van der Waals surface area contributed by atoms with E-state index in [1.165, 1.54) is 0 Å². The first-order chi connectivity index (χ1) is 10.1. The maximum absolute atomic E-state index is 12.2. The molecule has 21 heavy (non-hydrogen) atoms. The summed E-state index contributed by atoms with van der Waals surface area (Å²) in [5, 5.41) is 9.42. The summed E-state index contributed by atoms with van der Waals surface area (Å²) in [6.45, 7) is 0.526. The number of nitrogens with zero attached hydrogens (tertiary/aromatic N) is 2. The summed E-state index contributed by atoms with van der Waals surface area (Å²) in [5.74, 6) is 0.0432. The Balaban J connectivity index is 1.95. The molecule has 106 valence electrons. The summed E-state index contributed by atoms with van der Waals surface area (Å²) in [6.07, 6.45) is 0.351. The number of rotatable bonds is 4. The lowest BCUT2D eigenvalue weighted by molar-refractivity contribution is -0.129. The Morgan fingerprint density at radius 1 is 1.10 bits per heavy atom. The van der Waals surface area contributed by atoms with E-state index in [4.69, 9.17) is 16.9 Å². The molecule has 0 aliphatic heterocycles. The molecule has 0 atom stereocenters. The number of halogens is 1. The molecule has 0 unspecified atom stereocenters. The molecule has 0 saturated heterocycles. The maximum Gasteiger partial charge on any atom is 0.227 e. The van der Waals surface area contributed by atoms with Gasteiger partial charge in [-0.05, 0) is 35.4 Å². The molecule has 2 aromatic carbocycles. The van der Waals surface area contributed by atoms with Crippen molar-refractivity contribution in [3.63, 3.8) is 0 Å². The third-order valence-corrected chi connectivity index (χ3v) is 3.45. The Hall–Kier alpha value is -2.31. The summed E-state index contributed by atoms with van der Waals surface area (Å²) < 4.78 is 0. The van der Waals surface area contributed by atoms with E-state index in [1.807, 2.05) is 24.3 Å². The quantitative estimate of drug-likeness (QED) is 0.868. The molecule has 2 rings (SSSR count). The second-order valence-electron chi connectivity index (χ2n) is 4.86. The van der Waals surface area contributed by atoms with Crippen LogP contribution in [0.5, 0.6) is 0 Å². The average molecular weight is 299 g/mol. The summed E-state index contributed by atoms with van der Waals surface area (Å²) in [6, 6.07) is 16.6. The van der Waals surface area contributed by atoms with Gasteiger partial charge < -0.3 is 4.90 Å². The van der Waals surface area contributed by atoms with Crippen LogP contribution in [0, 0.1) is 11.3 Å². The van der Waals surface area contributed by atoms with Crippen molar-refractivity contribution in [3.05, 3.63) is 70.2 Å². The van der Waals surface area contributed by atoms with Gasteiger partial charge in [0, 0.05) is 18.6 Å². The van der Waals surface area contributed by atoms with Gasteiger partial charge in [0.1, 0.15) is 0 Å². The highest BCUT2D eigenvalue weighted by Gasteiger charge is 2.10. The normalized spacial score (nSPS) is 9.95. The van der Waals surface area contributed by atoms with Crippen LogP contribution in [-0.4, -0.2) is 17.9 Å². The minimum absolute atomic E-state index is 0.0432. The fourth-order valence-electron chi connectivity index (χ4n) is 1.96. The zero-order chi connectivity index (χ0) is 15.2. The molecule has 0 aliphatic rings.